The van der Waals surface area contributed by atoms with E-state index in [1.165, 1.54) is 10.5 Å². The fourth-order valence-electron chi connectivity index (χ4n) is 3.74. The van der Waals surface area contributed by atoms with Crippen LogP contribution in [0, 0.1) is 25.2 Å². The zero-order valence-corrected chi connectivity index (χ0v) is 19.5. The molecule has 0 saturated heterocycles. The van der Waals surface area contributed by atoms with Gasteiger partial charge in [0.15, 0.2) is 0 Å². The summed E-state index contributed by atoms with van der Waals surface area (Å²) in [6, 6.07) is 22.4. The van der Waals surface area contributed by atoms with Gasteiger partial charge < -0.3 is 10.1 Å². The maximum Gasteiger partial charge on any atom is 0.269 e. The smallest absolute Gasteiger partial charge is 0.269 e. The third-order valence-corrected chi connectivity index (χ3v) is 5.34. The number of ether oxygens (including phenoxy) is 1. The Bertz CT molecular complexity index is 1500. The van der Waals surface area contributed by atoms with Crippen LogP contribution in [0.3, 0.4) is 0 Å². The van der Waals surface area contributed by atoms with E-state index in [0.717, 1.165) is 16.7 Å². The molecular weight excluding hydrogens is 440 g/mol. The Morgan fingerprint density at radius 3 is 2.51 bits per heavy atom. The number of rotatable bonds is 7. The lowest BCUT2D eigenvalue weighted by molar-refractivity contribution is -0.117. The number of pyridine rings is 1. The molecule has 174 valence electrons. The number of aryl methyl sites for hydroxylation is 2. The van der Waals surface area contributed by atoms with Crippen molar-refractivity contribution in [1.82, 2.24) is 14.7 Å². The van der Waals surface area contributed by atoms with E-state index in [1.54, 1.807) is 24.4 Å². The SMILES string of the molecule is Cc1cc(C)cc(Oc2nc3ccccn3c(=O)c2/C=C(\C#N)C(=O)NCCc2ccccc2)c1. The molecule has 0 aliphatic heterocycles. The molecule has 2 aromatic carbocycles. The minimum absolute atomic E-state index is 0.0163. The van der Waals surface area contributed by atoms with Crippen molar-refractivity contribution in [3.8, 4) is 17.7 Å². The first-order chi connectivity index (χ1) is 16.9. The molecule has 4 aromatic rings. The Morgan fingerprint density at radius 1 is 1.09 bits per heavy atom. The zero-order valence-electron chi connectivity index (χ0n) is 19.5. The number of hydrogen-bond acceptors (Lipinski definition) is 5. The molecule has 0 spiro atoms. The van der Waals surface area contributed by atoms with Crippen LogP contribution in [0.2, 0.25) is 0 Å². The molecule has 0 atom stereocenters. The van der Waals surface area contributed by atoms with Crippen molar-refractivity contribution in [3.05, 3.63) is 111 Å². The number of hydrogen-bond donors (Lipinski definition) is 1. The molecule has 0 fully saturated rings. The predicted octanol–water partition coefficient (Wildman–Crippen LogP) is 4.37. The van der Waals surface area contributed by atoms with E-state index < -0.39 is 11.5 Å². The van der Waals surface area contributed by atoms with Gasteiger partial charge in [0.25, 0.3) is 11.5 Å². The van der Waals surface area contributed by atoms with Gasteiger partial charge >= 0.3 is 0 Å². The first kappa shape index (κ1) is 23.5. The second kappa shape index (κ2) is 10.5. The van der Waals surface area contributed by atoms with E-state index in [-0.39, 0.29) is 17.0 Å². The molecule has 2 heterocycles. The standard InChI is InChI=1S/C28H24N4O3/c1-19-14-20(2)16-23(15-19)35-27-24(28(34)32-13-7-6-10-25(32)31-27)17-22(18-29)26(33)30-12-11-21-8-4-3-5-9-21/h3-10,13-17H,11-12H2,1-2H3,(H,30,33)/b22-17+. The van der Waals surface area contributed by atoms with E-state index in [1.807, 2.05) is 68.4 Å². The van der Waals surface area contributed by atoms with Gasteiger partial charge in [-0.25, -0.2) is 0 Å². The molecule has 0 unspecified atom stereocenters. The van der Waals surface area contributed by atoms with Crippen molar-refractivity contribution in [2.75, 3.05) is 6.54 Å². The third kappa shape index (κ3) is 5.63. The minimum atomic E-state index is -0.571. The highest BCUT2D eigenvalue weighted by Gasteiger charge is 2.17. The molecule has 2 aromatic heterocycles. The van der Waals surface area contributed by atoms with Crippen LogP contribution >= 0.6 is 0 Å². The molecule has 0 aliphatic carbocycles. The van der Waals surface area contributed by atoms with Crippen LogP contribution in [-0.4, -0.2) is 21.8 Å². The normalized spacial score (nSPS) is 11.2. The van der Waals surface area contributed by atoms with Gasteiger partial charge in [-0.1, -0.05) is 42.5 Å². The number of aromatic nitrogens is 2. The highest BCUT2D eigenvalue weighted by molar-refractivity contribution is 6.01. The number of carbonyl (C=O) groups excluding carboxylic acids is 1. The molecular formula is C28H24N4O3. The van der Waals surface area contributed by atoms with E-state index in [4.69, 9.17) is 4.74 Å². The summed E-state index contributed by atoms with van der Waals surface area (Å²) in [5, 5.41) is 12.4. The first-order valence-electron chi connectivity index (χ1n) is 11.2. The quantitative estimate of drug-likeness (QED) is 0.324. The van der Waals surface area contributed by atoms with Crippen molar-refractivity contribution in [2.24, 2.45) is 0 Å². The number of carbonyl (C=O) groups is 1. The Balaban J connectivity index is 1.69. The summed E-state index contributed by atoms with van der Waals surface area (Å²) >= 11 is 0. The fraction of sp³-hybridized carbons (Fsp3) is 0.143. The van der Waals surface area contributed by atoms with Gasteiger partial charge in [0.05, 0.1) is 0 Å². The molecule has 0 saturated carbocycles. The molecule has 35 heavy (non-hydrogen) atoms. The van der Waals surface area contributed by atoms with E-state index in [9.17, 15) is 14.9 Å². The highest BCUT2D eigenvalue weighted by Crippen LogP contribution is 2.26. The van der Waals surface area contributed by atoms with Crippen LogP contribution in [0.4, 0.5) is 0 Å². The Kier molecular flexibility index (Phi) is 7.03. The Hall–Kier alpha value is -4.70. The Labute approximate surface area is 203 Å². The molecule has 0 aliphatic rings. The summed E-state index contributed by atoms with van der Waals surface area (Å²) in [4.78, 5) is 30.5. The van der Waals surface area contributed by atoms with Gasteiger partial charge in [-0.15, -0.1) is 0 Å². The molecule has 7 heteroatoms. The van der Waals surface area contributed by atoms with Crippen LogP contribution in [0.5, 0.6) is 11.6 Å². The van der Waals surface area contributed by atoms with Crippen LogP contribution in [-0.2, 0) is 11.2 Å². The topological polar surface area (TPSA) is 96.5 Å². The van der Waals surface area contributed by atoms with Crippen molar-refractivity contribution in [2.45, 2.75) is 20.3 Å². The van der Waals surface area contributed by atoms with E-state index in [0.29, 0.717) is 24.4 Å². The van der Waals surface area contributed by atoms with Crippen LogP contribution in [0.15, 0.2) is 83.3 Å². The van der Waals surface area contributed by atoms with E-state index in [2.05, 4.69) is 10.3 Å². The number of nitrogens with one attached hydrogen (secondary N) is 1. The van der Waals surface area contributed by atoms with Gasteiger partial charge in [-0.05, 0) is 67.3 Å². The number of benzene rings is 2. The van der Waals surface area contributed by atoms with Crippen molar-refractivity contribution in [3.63, 3.8) is 0 Å². The monoisotopic (exact) mass is 464 g/mol. The second-order valence-corrected chi connectivity index (χ2v) is 8.15. The molecule has 0 radical (unpaired) electrons. The summed E-state index contributed by atoms with van der Waals surface area (Å²) in [6.45, 7) is 4.23. The third-order valence-electron chi connectivity index (χ3n) is 5.34. The largest absolute Gasteiger partial charge is 0.438 e. The summed E-state index contributed by atoms with van der Waals surface area (Å²) < 4.78 is 7.36. The second-order valence-electron chi connectivity index (χ2n) is 8.15. The molecule has 1 amide bonds. The number of nitriles is 1. The maximum absolute atomic E-state index is 13.3. The summed E-state index contributed by atoms with van der Waals surface area (Å²) in [7, 11) is 0. The van der Waals surface area contributed by atoms with Crippen molar-refractivity contribution < 1.29 is 9.53 Å². The molecule has 1 N–H and O–H groups in total. The average molecular weight is 465 g/mol. The van der Waals surface area contributed by atoms with Gasteiger partial charge in [0.1, 0.15) is 28.6 Å². The van der Waals surface area contributed by atoms with Crippen LogP contribution in [0.1, 0.15) is 22.3 Å². The molecule has 4 rings (SSSR count). The summed E-state index contributed by atoms with van der Waals surface area (Å²) in [6.07, 6.45) is 3.44. The predicted molar refractivity (Wildman–Crippen MR) is 134 cm³/mol. The van der Waals surface area contributed by atoms with Crippen LogP contribution < -0.4 is 15.6 Å². The number of fused-ring (bicyclic) bond motifs is 1. The van der Waals surface area contributed by atoms with Crippen molar-refractivity contribution in [1.29, 1.82) is 5.26 Å². The average Bonchev–Trinajstić information content (AvgIpc) is 2.84. The van der Waals surface area contributed by atoms with Crippen LogP contribution in [0.25, 0.3) is 11.7 Å². The molecule has 7 nitrogen and oxygen atoms in total. The van der Waals surface area contributed by atoms with E-state index >= 15 is 0 Å². The number of amides is 1. The summed E-state index contributed by atoms with van der Waals surface area (Å²) in [5.74, 6) is -0.0375. The van der Waals surface area contributed by atoms with Gasteiger partial charge in [-0.3, -0.25) is 14.0 Å². The lowest BCUT2D eigenvalue weighted by Gasteiger charge is -2.11. The first-order valence-corrected chi connectivity index (χ1v) is 11.2. The highest BCUT2D eigenvalue weighted by atomic mass is 16.5. The van der Waals surface area contributed by atoms with Crippen molar-refractivity contribution >= 4 is 17.6 Å². The zero-order chi connectivity index (χ0) is 24.8. The van der Waals surface area contributed by atoms with Gasteiger partial charge in [0.2, 0.25) is 5.88 Å². The lowest BCUT2D eigenvalue weighted by atomic mass is 10.1. The molecule has 0 bridgehead atoms. The van der Waals surface area contributed by atoms with Gasteiger partial charge in [0, 0.05) is 12.7 Å². The van der Waals surface area contributed by atoms with Gasteiger partial charge in [-0.2, -0.15) is 10.2 Å². The minimum Gasteiger partial charge on any atom is -0.438 e. The fourth-order valence-corrected chi connectivity index (χ4v) is 3.74. The summed E-state index contributed by atoms with van der Waals surface area (Å²) in [5.41, 5.74) is 2.80. The Morgan fingerprint density at radius 2 is 1.80 bits per heavy atom. The number of nitrogens with zero attached hydrogens (tertiary/aromatic N) is 3. The lowest BCUT2D eigenvalue weighted by Crippen LogP contribution is -2.27. The maximum atomic E-state index is 13.3.